The summed E-state index contributed by atoms with van der Waals surface area (Å²) in [6.45, 7) is 7.72. The number of benzene rings is 2. The molecule has 0 aromatic heterocycles. The van der Waals surface area contributed by atoms with Crippen molar-refractivity contribution in [2.75, 3.05) is 25.5 Å². The number of hydrogen-bond acceptors (Lipinski definition) is 3. The minimum atomic E-state index is -0.231. The maximum Gasteiger partial charge on any atom is 0.319 e. The molecule has 5 nitrogen and oxygen atoms in total. The number of anilines is 1. The van der Waals surface area contributed by atoms with Crippen LogP contribution in [0, 0.1) is 0 Å². The van der Waals surface area contributed by atoms with Gasteiger partial charge in [0.05, 0.1) is 7.11 Å². The van der Waals surface area contributed by atoms with Crippen LogP contribution in [0.4, 0.5) is 10.5 Å². The first-order chi connectivity index (χ1) is 12.2. The second kappa shape index (κ2) is 9.69. The van der Waals surface area contributed by atoms with Gasteiger partial charge in [-0.05, 0) is 36.3 Å². The lowest BCUT2D eigenvalue weighted by atomic mass is 10.1. The number of nitrogens with zero attached hydrogens (tertiary/aromatic N) is 1. The van der Waals surface area contributed by atoms with Crippen molar-refractivity contribution in [2.45, 2.75) is 26.9 Å². The van der Waals surface area contributed by atoms with Gasteiger partial charge in [0.2, 0.25) is 0 Å². The van der Waals surface area contributed by atoms with Gasteiger partial charge in [-0.15, -0.1) is 0 Å². The van der Waals surface area contributed by atoms with Gasteiger partial charge in [-0.2, -0.15) is 0 Å². The zero-order chi connectivity index (χ0) is 18.1. The average molecular weight is 341 g/mol. The highest BCUT2D eigenvalue weighted by Crippen LogP contribution is 2.16. The van der Waals surface area contributed by atoms with Crippen molar-refractivity contribution in [3.8, 4) is 5.75 Å². The van der Waals surface area contributed by atoms with Gasteiger partial charge in [0.25, 0.3) is 0 Å². The van der Waals surface area contributed by atoms with Crippen molar-refractivity contribution < 1.29 is 9.53 Å². The molecule has 0 saturated heterocycles. The van der Waals surface area contributed by atoms with Crippen molar-refractivity contribution in [1.82, 2.24) is 10.2 Å². The van der Waals surface area contributed by atoms with E-state index in [4.69, 9.17) is 4.74 Å². The first-order valence-electron chi connectivity index (χ1n) is 8.64. The van der Waals surface area contributed by atoms with Gasteiger partial charge >= 0.3 is 6.03 Å². The molecule has 2 aromatic rings. The summed E-state index contributed by atoms with van der Waals surface area (Å²) in [5.41, 5.74) is 3.08. The molecule has 0 bridgehead atoms. The Morgan fingerprint density at radius 1 is 1.04 bits per heavy atom. The Bertz CT molecular complexity index is 684. The number of carbonyl (C=O) groups excluding carboxylic acids is 1. The Hall–Kier alpha value is -2.53. The SMILES string of the molecule is CCN(CC)Cc1ccccc1CNC(=O)Nc1cccc(OC)c1. The van der Waals surface area contributed by atoms with Crippen molar-refractivity contribution in [1.29, 1.82) is 0 Å². The fourth-order valence-electron chi connectivity index (χ4n) is 2.62. The van der Waals surface area contributed by atoms with E-state index < -0.39 is 0 Å². The fraction of sp³-hybridized carbons (Fsp3) is 0.350. The third kappa shape index (κ3) is 5.80. The highest BCUT2D eigenvalue weighted by molar-refractivity contribution is 5.89. The number of rotatable bonds is 8. The molecule has 0 saturated carbocycles. The fourth-order valence-corrected chi connectivity index (χ4v) is 2.62. The highest BCUT2D eigenvalue weighted by Gasteiger charge is 2.08. The van der Waals surface area contributed by atoms with Crippen LogP contribution in [0.5, 0.6) is 5.75 Å². The van der Waals surface area contributed by atoms with Crippen LogP contribution in [0.25, 0.3) is 0 Å². The summed E-state index contributed by atoms with van der Waals surface area (Å²) >= 11 is 0. The molecule has 0 fully saturated rings. The Morgan fingerprint density at radius 2 is 1.76 bits per heavy atom. The van der Waals surface area contributed by atoms with E-state index in [0.717, 1.165) is 25.2 Å². The molecule has 5 heteroatoms. The Labute approximate surface area is 150 Å². The number of hydrogen-bond donors (Lipinski definition) is 2. The number of carbonyl (C=O) groups is 1. The van der Waals surface area contributed by atoms with E-state index in [9.17, 15) is 4.79 Å². The van der Waals surface area contributed by atoms with E-state index in [1.807, 2.05) is 30.3 Å². The molecule has 0 aliphatic rings. The van der Waals surface area contributed by atoms with Crippen molar-refractivity contribution >= 4 is 11.7 Å². The second-order valence-corrected chi connectivity index (χ2v) is 5.77. The van der Waals surface area contributed by atoms with Crippen LogP contribution in [0.3, 0.4) is 0 Å². The van der Waals surface area contributed by atoms with Gasteiger partial charge in [0.1, 0.15) is 5.75 Å². The average Bonchev–Trinajstić information content (AvgIpc) is 2.65. The molecular weight excluding hydrogens is 314 g/mol. The Kier molecular flexibility index (Phi) is 7.29. The van der Waals surface area contributed by atoms with Crippen molar-refractivity contribution in [3.05, 3.63) is 59.7 Å². The quantitative estimate of drug-likeness (QED) is 0.766. The van der Waals surface area contributed by atoms with E-state index in [1.165, 1.54) is 5.56 Å². The summed E-state index contributed by atoms with van der Waals surface area (Å²) in [6.07, 6.45) is 0. The van der Waals surface area contributed by atoms with E-state index >= 15 is 0 Å². The number of urea groups is 1. The molecule has 2 amide bonds. The van der Waals surface area contributed by atoms with Gasteiger partial charge in [-0.25, -0.2) is 4.79 Å². The van der Waals surface area contributed by atoms with Gasteiger partial charge < -0.3 is 15.4 Å². The van der Waals surface area contributed by atoms with Crippen molar-refractivity contribution in [2.24, 2.45) is 0 Å². The lowest BCUT2D eigenvalue weighted by molar-refractivity contribution is 0.251. The van der Waals surface area contributed by atoms with Gasteiger partial charge in [0, 0.05) is 24.8 Å². The van der Waals surface area contributed by atoms with Crippen LogP contribution >= 0.6 is 0 Å². The molecule has 0 spiro atoms. The van der Waals surface area contributed by atoms with Gasteiger partial charge in [-0.3, -0.25) is 4.90 Å². The Balaban J connectivity index is 1.95. The molecule has 0 unspecified atom stereocenters. The van der Waals surface area contributed by atoms with Crippen LogP contribution < -0.4 is 15.4 Å². The van der Waals surface area contributed by atoms with Crippen LogP contribution in [0.15, 0.2) is 48.5 Å². The third-order valence-corrected chi connectivity index (χ3v) is 4.17. The summed E-state index contributed by atoms with van der Waals surface area (Å²) < 4.78 is 5.16. The summed E-state index contributed by atoms with van der Waals surface area (Å²) in [5, 5.41) is 5.75. The van der Waals surface area contributed by atoms with E-state index in [1.54, 1.807) is 13.2 Å². The predicted molar refractivity (Wildman–Crippen MR) is 102 cm³/mol. The minimum Gasteiger partial charge on any atom is -0.497 e. The van der Waals surface area contributed by atoms with Crippen LogP contribution in [0.1, 0.15) is 25.0 Å². The number of nitrogens with one attached hydrogen (secondary N) is 2. The minimum absolute atomic E-state index is 0.231. The molecular formula is C20H27N3O2. The molecule has 2 aromatic carbocycles. The zero-order valence-electron chi connectivity index (χ0n) is 15.2. The lowest BCUT2D eigenvalue weighted by Crippen LogP contribution is -2.29. The second-order valence-electron chi connectivity index (χ2n) is 5.77. The number of methoxy groups -OCH3 is 1. The van der Waals surface area contributed by atoms with Crippen LogP contribution in [0.2, 0.25) is 0 Å². The molecule has 134 valence electrons. The van der Waals surface area contributed by atoms with Gasteiger partial charge in [0.15, 0.2) is 0 Å². The standard InChI is InChI=1S/C20H27N3O2/c1-4-23(5-2)15-17-10-7-6-9-16(17)14-21-20(24)22-18-11-8-12-19(13-18)25-3/h6-13H,4-5,14-15H2,1-3H3,(H2,21,22,24). The maximum atomic E-state index is 12.2. The first kappa shape index (κ1) is 18.8. The van der Waals surface area contributed by atoms with Crippen LogP contribution in [-0.4, -0.2) is 31.1 Å². The number of amides is 2. The molecule has 0 radical (unpaired) electrons. The van der Waals surface area contributed by atoms with E-state index in [0.29, 0.717) is 18.0 Å². The summed E-state index contributed by atoms with van der Waals surface area (Å²) in [5.74, 6) is 0.711. The van der Waals surface area contributed by atoms with Gasteiger partial charge in [-0.1, -0.05) is 44.2 Å². The smallest absolute Gasteiger partial charge is 0.319 e. The van der Waals surface area contributed by atoms with Crippen molar-refractivity contribution in [3.63, 3.8) is 0 Å². The summed E-state index contributed by atoms with van der Waals surface area (Å²) in [7, 11) is 1.60. The number of ether oxygens (including phenoxy) is 1. The third-order valence-electron chi connectivity index (χ3n) is 4.17. The molecule has 2 N–H and O–H groups in total. The van der Waals surface area contributed by atoms with Crippen LogP contribution in [-0.2, 0) is 13.1 Å². The predicted octanol–water partition coefficient (Wildman–Crippen LogP) is 3.86. The summed E-state index contributed by atoms with van der Waals surface area (Å²) in [6, 6.07) is 15.3. The normalized spacial score (nSPS) is 10.6. The largest absolute Gasteiger partial charge is 0.497 e. The molecule has 0 aliphatic carbocycles. The molecule has 0 atom stereocenters. The zero-order valence-corrected chi connectivity index (χ0v) is 15.2. The van der Waals surface area contributed by atoms with E-state index in [2.05, 4.69) is 41.5 Å². The van der Waals surface area contributed by atoms with E-state index in [-0.39, 0.29) is 6.03 Å². The summed E-state index contributed by atoms with van der Waals surface area (Å²) in [4.78, 5) is 14.5. The highest BCUT2D eigenvalue weighted by atomic mass is 16.5. The molecule has 0 heterocycles. The molecule has 0 aliphatic heterocycles. The molecule has 25 heavy (non-hydrogen) atoms. The maximum absolute atomic E-state index is 12.2. The molecule has 2 rings (SSSR count). The monoisotopic (exact) mass is 341 g/mol. The topological polar surface area (TPSA) is 53.6 Å². The first-order valence-corrected chi connectivity index (χ1v) is 8.64. The Morgan fingerprint density at radius 3 is 2.44 bits per heavy atom. The lowest BCUT2D eigenvalue weighted by Gasteiger charge is -2.20.